The van der Waals surface area contributed by atoms with Crippen molar-refractivity contribution in [3.8, 4) is 0 Å². The molecule has 0 aromatic carbocycles. The summed E-state index contributed by atoms with van der Waals surface area (Å²) in [5.74, 6) is 0. The van der Waals surface area contributed by atoms with Gasteiger partial charge in [-0.05, 0) is 26.2 Å². The molecule has 2 heteroatoms. The minimum absolute atomic E-state index is 0.432. The standard InChI is InChI=1S/C8H18N2/c1-3-8-5-7(9)4-6(2)10-8/h6-8,10H,3-5,9H2,1-2H3/t6-,7+,8+/m0/s1. The van der Waals surface area contributed by atoms with Crippen LogP contribution in [0.25, 0.3) is 0 Å². The molecule has 0 bridgehead atoms. The molecule has 1 aliphatic rings. The van der Waals surface area contributed by atoms with Crippen molar-refractivity contribution < 1.29 is 0 Å². The lowest BCUT2D eigenvalue weighted by Crippen LogP contribution is -2.48. The van der Waals surface area contributed by atoms with E-state index in [-0.39, 0.29) is 0 Å². The van der Waals surface area contributed by atoms with E-state index in [1.54, 1.807) is 0 Å². The van der Waals surface area contributed by atoms with Gasteiger partial charge in [0.2, 0.25) is 0 Å². The van der Waals surface area contributed by atoms with Gasteiger partial charge in [-0.25, -0.2) is 0 Å². The lowest BCUT2D eigenvalue weighted by atomic mass is 9.94. The van der Waals surface area contributed by atoms with Crippen molar-refractivity contribution in [2.24, 2.45) is 5.73 Å². The van der Waals surface area contributed by atoms with Crippen LogP contribution in [-0.2, 0) is 0 Å². The molecular weight excluding hydrogens is 124 g/mol. The Labute approximate surface area is 63.2 Å². The Bertz CT molecular complexity index is 93.4. The molecule has 10 heavy (non-hydrogen) atoms. The average Bonchev–Trinajstić information content (AvgIpc) is 1.85. The maximum atomic E-state index is 5.85. The summed E-state index contributed by atoms with van der Waals surface area (Å²) in [5, 5.41) is 3.52. The largest absolute Gasteiger partial charge is 0.328 e. The Balaban J connectivity index is 2.35. The van der Waals surface area contributed by atoms with Crippen molar-refractivity contribution in [3.05, 3.63) is 0 Å². The lowest BCUT2D eigenvalue weighted by Gasteiger charge is -2.32. The van der Waals surface area contributed by atoms with Crippen molar-refractivity contribution in [1.82, 2.24) is 5.32 Å². The van der Waals surface area contributed by atoms with Crippen LogP contribution in [0, 0.1) is 0 Å². The lowest BCUT2D eigenvalue weighted by molar-refractivity contribution is 0.297. The third-order valence-corrected chi connectivity index (χ3v) is 2.26. The monoisotopic (exact) mass is 142 g/mol. The highest BCUT2D eigenvalue weighted by atomic mass is 15.0. The average molecular weight is 142 g/mol. The molecule has 60 valence electrons. The summed E-state index contributed by atoms with van der Waals surface area (Å²) in [6.45, 7) is 4.42. The summed E-state index contributed by atoms with van der Waals surface area (Å²) in [6.07, 6.45) is 3.50. The summed E-state index contributed by atoms with van der Waals surface area (Å²) in [5.41, 5.74) is 5.85. The van der Waals surface area contributed by atoms with Crippen molar-refractivity contribution in [3.63, 3.8) is 0 Å². The highest BCUT2D eigenvalue weighted by Crippen LogP contribution is 2.13. The maximum absolute atomic E-state index is 5.85. The number of hydrogen-bond donors (Lipinski definition) is 2. The van der Waals surface area contributed by atoms with Gasteiger partial charge in [0.15, 0.2) is 0 Å². The van der Waals surface area contributed by atoms with E-state index in [1.807, 2.05) is 0 Å². The van der Waals surface area contributed by atoms with Gasteiger partial charge < -0.3 is 11.1 Å². The molecule has 1 saturated heterocycles. The van der Waals surface area contributed by atoms with Crippen molar-refractivity contribution >= 4 is 0 Å². The van der Waals surface area contributed by atoms with E-state index in [2.05, 4.69) is 19.2 Å². The summed E-state index contributed by atoms with van der Waals surface area (Å²) in [6, 6.07) is 1.72. The molecule has 0 aliphatic carbocycles. The molecule has 0 saturated carbocycles. The summed E-state index contributed by atoms with van der Waals surface area (Å²) < 4.78 is 0. The number of nitrogens with two attached hydrogens (primary N) is 1. The first-order chi connectivity index (χ1) is 4.72. The van der Waals surface area contributed by atoms with Crippen LogP contribution in [0.1, 0.15) is 33.1 Å². The number of hydrogen-bond acceptors (Lipinski definition) is 2. The molecule has 1 fully saturated rings. The van der Waals surface area contributed by atoms with Gasteiger partial charge in [0.1, 0.15) is 0 Å². The van der Waals surface area contributed by atoms with Crippen LogP contribution in [0.2, 0.25) is 0 Å². The molecule has 0 aromatic rings. The van der Waals surface area contributed by atoms with Crippen molar-refractivity contribution in [2.75, 3.05) is 0 Å². The molecule has 1 aliphatic heterocycles. The predicted octanol–water partition coefficient (Wildman–Crippen LogP) is 0.864. The Morgan fingerprint density at radius 2 is 2.20 bits per heavy atom. The van der Waals surface area contributed by atoms with Gasteiger partial charge in [-0.1, -0.05) is 6.92 Å². The first kappa shape index (κ1) is 8.02. The van der Waals surface area contributed by atoms with Crippen LogP contribution in [0.4, 0.5) is 0 Å². The SMILES string of the molecule is CC[C@@H]1C[C@H](N)C[C@H](C)N1. The van der Waals surface area contributed by atoms with Gasteiger partial charge in [0.05, 0.1) is 0 Å². The second kappa shape index (κ2) is 3.35. The molecule has 3 N–H and O–H groups in total. The molecule has 0 aromatic heterocycles. The molecule has 0 unspecified atom stereocenters. The molecule has 2 nitrogen and oxygen atoms in total. The second-order valence-corrected chi connectivity index (χ2v) is 3.40. The summed E-state index contributed by atoms with van der Waals surface area (Å²) in [7, 11) is 0. The fourth-order valence-electron chi connectivity index (χ4n) is 1.74. The minimum atomic E-state index is 0.432. The van der Waals surface area contributed by atoms with Gasteiger partial charge in [-0.15, -0.1) is 0 Å². The van der Waals surface area contributed by atoms with Crippen LogP contribution in [0.15, 0.2) is 0 Å². The molecule has 0 amide bonds. The van der Waals surface area contributed by atoms with E-state index in [0.29, 0.717) is 18.1 Å². The topological polar surface area (TPSA) is 38.0 Å². The summed E-state index contributed by atoms with van der Waals surface area (Å²) >= 11 is 0. The smallest absolute Gasteiger partial charge is 0.00816 e. The Morgan fingerprint density at radius 1 is 1.50 bits per heavy atom. The Morgan fingerprint density at radius 3 is 2.70 bits per heavy atom. The van der Waals surface area contributed by atoms with E-state index in [4.69, 9.17) is 5.73 Å². The van der Waals surface area contributed by atoms with E-state index in [9.17, 15) is 0 Å². The maximum Gasteiger partial charge on any atom is 0.00816 e. The van der Waals surface area contributed by atoms with Crippen LogP contribution >= 0.6 is 0 Å². The van der Waals surface area contributed by atoms with E-state index in [0.717, 1.165) is 12.8 Å². The van der Waals surface area contributed by atoms with E-state index >= 15 is 0 Å². The quantitative estimate of drug-likeness (QED) is 0.570. The number of nitrogens with one attached hydrogen (secondary N) is 1. The van der Waals surface area contributed by atoms with Crippen molar-refractivity contribution in [2.45, 2.75) is 51.2 Å². The van der Waals surface area contributed by atoms with E-state index in [1.165, 1.54) is 6.42 Å². The number of rotatable bonds is 1. The highest BCUT2D eigenvalue weighted by Gasteiger charge is 2.21. The fraction of sp³-hybridized carbons (Fsp3) is 1.00. The van der Waals surface area contributed by atoms with E-state index < -0.39 is 0 Å². The van der Waals surface area contributed by atoms with Gasteiger partial charge in [-0.3, -0.25) is 0 Å². The van der Waals surface area contributed by atoms with Crippen molar-refractivity contribution in [1.29, 1.82) is 0 Å². The zero-order valence-corrected chi connectivity index (χ0v) is 6.93. The molecular formula is C8H18N2. The van der Waals surface area contributed by atoms with Crippen LogP contribution in [0.5, 0.6) is 0 Å². The Kier molecular flexibility index (Phi) is 2.69. The Hall–Kier alpha value is -0.0800. The summed E-state index contributed by atoms with van der Waals surface area (Å²) in [4.78, 5) is 0. The van der Waals surface area contributed by atoms with Crippen LogP contribution in [0.3, 0.4) is 0 Å². The number of piperidine rings is 1. The molecule has 1 rings (SSSR count). The fourth-order valence-corrected chi connectivity index (χ4v) is 1.74. The predicted molar refractivity (Wildman–Crippen MR) is 43.9 cm³/mol. The van der Waals surface area contributed by atoms with Gasteiger partial charge in [-0.2, -0.15) is 0 Å². The van der Waals surface area contributed by atoms with Gasteiger partial charge in [0.25, 0.3) is 0 Å². The van der Waals surface area contributed by atoms with Crippen LogP contribution < -0.4 is 11.1 Å². The normalized spacial score (nSPS) is 41.7. The highest BCUT2D eigenvalue weighted by molar-refractivity contribution is 4.83. The zero-order chi connectivity index (χ0) is 7.56. The molecule has 0 spiro atoms. The van der Waals surface area contributed by atoms with Crippen LogP contribution in [-0.4, -0.2) is 18.1 Å². The van der Waals surface area contributed by atoms with Gasteiger partial charge >= 0.3 is 0 Å². The first-order valence-corrected chi connectivity index (χ1v) is 4.24. The minimum Gasteiger partial charge on any atom is -0.328 e. The molecule has 0 radical (unpaired) electrons. The third-order valence-electron chi connectivity index (χ3n) is 2.26. The zero-order valence-electron chi connectivity index (χ0n) is 6.93. The molecule has 1 heterocycles. The molecule has 3 atom stereocenters. The third kappa shape index (κ3) is 1.96. The van der Waals surface area contributed by atoms with Gasteiger partial charge in [0, 0.05) is 18.1 Å². The first-order valence-electron chi connectivity index (χ1n) is 4.24. The second-order valence-electron chi connectivity index (χ2n) is 3.40.